The molecule has 3 amide bonds. The third kappa shape index (κ3) is 10.6. The number of nitrogens with two attached hydrogens (primary N) is 2. The lowest BCUT2D eigenvalue weighted by Crippen LogP contribution is -2.59. The van der Waals surface area contributed by atoms with Crippen molar-refractivity contribution in [3.05, 3.63) is 48.0 Å². The van der Waals surface area contributed by atoms with Crippen LogP contribution in [-0.4, -0.2) is 80.3 Å². The van der Waals surface area contributed by atoms with E-state index in [4.69, 9.17) is 15.2 Å². The van der Waals surface area contributed by atoms with Gasteiger partial charge in [-0.15, -0.1) is 0 Å². The molecule has 0 aromatic heterocycles. The lowest BCUT2D eigenvalue weighted by Gasteiger charge is -2.30. The van der Waals surface area contributed by atoms with Crippen molar-refractivity contribution < 1.29 is 34.2 Å². The quantitative estimate of drug-likeness (QED) is 0.154. The Bertz CT molecular complexity index is 1220. The van der Waals surface area contributed by atoms with E-state index < -0.39 is 48.0 Å². The average Bonchev–Trinajstić information content (AvgIpc) is 3.39. The van der Waals surface area contributed by atoms with Crippen LogP contribution in [0.25, 0.3) is 10.8 Å². The SMILES string of the molecule is CCCCOC(=O)NC(CCCC)C(=O)N1CCC(N)C1C(=O)NC(Cc1ccc2ccccc2c1)C(=O)OC.CN=[NH2+]. The number of fused-ring (bicyclic) bond motifs is 1. The summed E-state index contributed by atoms with van der Waals surface area (Å²) in [7, 11) is 2.79. The minimum Gasteiger partial charge on any atom is -0.467 e. The van der Waals surface area contributed by atoms with Gasteiger partial charge >= 0.3 is 12.1 Å². The summed E-state index contributed by atoms with van der Waals surface area (Å²) in [4.78, 5) is 53.6. The third-order valence-electron chi connectivity index (χ3n) is 7.22. The van der Waals surface area contributed by atoms with Crippen LogP contribution in [0.4, 0.5) is 4.79 Å². The molecule has 0 spiro atoms. The molecule has 43 heavy (non-hydrogen) atoms. The van der Waals surface area contributed by atoms with E-state index in [-0.39, 0.29) is 19.6 Å². The van der Waals surface area contributed by atoms with E-state index in [1.165, 1.54) is 19.1 Å². The summed E-state index contributed by atoms with van der Waals surface area (Å²) in [6.45, 7) is 4.51. The predicted molar refractivity (Wildman–Crippen MR) is 163 cm³/mol. The number of hydrogen-bond donors (Lipinski definition) is 4. The Labute approximate surface area is 253 Å². The number of nitrogens with one attached hydrogen (secondary N) is 2. The van der Waals surface area contributed by atoms with Gasteiger partial charge in [-0.2, -0.15) is 5.53 Å². The summed E-state index contributed by atoms with van der Waals surface area (Å²) in [6.07, 6.45) is 3.52. The zero-order valence-electron chi connectivity index (χ0n) is 25.7. The summed E-state index contributed by atoms with van der Waals surface area (Å²) in [5.41, 5.74) is 11.6. The van der Waals surface area contributed by atoms with Gasteiger partial charge in [-0.1, -0.05) is 80.7 Å². The van der Waals surface area contributed by atoms with Crippen LogP contribution in [0.3, 0.4) is 0 Å². The van der Waals surface area contributed by atoms with Crippen LogP contribution >= 0.6 is 0 Å². The molecular formula is C31H47N6O6+. The zero-order valence-corrected chi connectivity index (χ0v) is 25.7. The van der Waals surface area contributed by atoms with Gasteiger partial charge < -0.3 is 30.7 Å². The van der Waals surface area contributed by atoms with Gasteiger partial charge in [0.2, 0.25) is 11.8 Å². The van der Waals surface area contributed by atoms with Gasteiger partial charge in [-0.25, -0.2) is 9.59 Å². The molecule has 4 unspecified atom stereocenters. The molecule has 12 nitrogen and oxygen atoms in total. The second-order valence-electron chi connectivity index (χ2n) is 10.5. The van der Waals surface area contributed by atoms with E-state index in [9.17, 15) is 19.2 Å². The standard InChI is InChI=1S/C30H42N4O6.CH4N2/c1-4-6-12-24(33-30(38)40-17-7-5-2)28(36)34-16-15-23(31)26(34)27(35)32-25(29(37)39-3)19-20-13-14-21-10-8-9-11-22(21)18-20;1-3-2/h8-11,13-14,18,23-26H,4-7,12,15-17,19,31H2,1-3H3,(H,32,35)(H,33,38);2H,1H3/p+1. The Hall–Kier alpha value is -4.06. The van der Waals surface area contributed by atoms with Crippen LogP contribution in [-0.2, 0) is 30.3 Å². The average molecular weight is 600 g/mol. The first kappa shape index (κ1) is 35.1. The molecule has 236 valence electrons. The molecule has 6 N–H and O–H groups in total. The van der Waals surface area contributed by atoms with E-state index in [0.29, 0.717) is 19.3 Å². The van der Waals surface area contributed by atoms with E-state index in [1.54, 1.807) is 0 Å². The number of hydrogen-bond acceptors (Lipinski definition) is 8. The highest BCUT2D eigenvalue weighted by Gasteiger charge is 2.43. The van der Waals surface area contributed by atoms with Crippen molar-refractivity contribution in [2.45, 2.75) is 83.0 Å². The number of rotatable bonds is 13. The molecule has 1 aliphatic rings. The van der Waals surface area contributed by atoms with Gasteiger partial charge in [0, 0.05) is 19.0 Å². The normalized spacial score (nSPS) is 17.2. The van der Waals surface area contributed by atoms with E-state index in [2.05, 4.69) is 21.3 Å². The number of methoxy groups -OCH3 is 1. The van der Waals surface area contributed by atoms with Crippen molar-refractivity contribution in [3.8, 4) is 0 Å². The van der Waals surface area contributed by atoms with Crippen molar-refractivity contribution in [3.63, 3.8) is 0 Å². The van der Waals surface area contributed by atoms with Crippen molar-refractivity contribution in [2.24, 2.45) is 10.8 Å². The van der Waals surface area contributed by atoms with Crippen molar-refractivity contribution >= 4 is 34.6 Å². The summed E-state index contributed by atoms with van der Waals surface area (Å²) < 4.78 is 10.2. The van der Waals surface area contributed by atoms with Crippen molar-refractivity contribution in [1.82, 2.24) is 15.5 Å². The zero-order chi connectivity index (χ0) is 31.8. The number of likely N-dealkylation sites (tertiary alicyclic amines) is 1. The maximum absolute atomic E-state index is 13.6. The summed E-state index contributed by atoms with van der Waals surface area (Å²) in [5, 5.41) is 10.5. The highest BCUT2D eigenvalue weighted by atomic mass is 16.5. The molecule has 0 bridgehead atoms. The van der Waals surface area contributed by atoms with Crippen molar-refractivity contribution in [1.29, 1.82) is 0 Å². The largest absolute Gasteiger partial charge is 0.467 e. The number of nitrogens with zero attached hydrogens (tertiary/aromatic N) is 2. The Kier molecular flexibility index (Phi) is 15.1. The predicted octanol–water partition coefficient (Wildman–Crippen LogP) is 1.88. The molecule has 0 radical (unpaired) electrons. The van der Waals surface area contributed by atoms with E-state index >= 15 is 0 Å². The molecule has 1 saturated heterocycles. The fraction of sp³-hybridized carbons (Fsp3) is 0.548. The third-order valence-corrected chi connectivity index (χ3v) is 7.22. The number of alkyl carbamates (subject to hydrolysis) is 1. The molecule has 12 heteroatoms. The fourth-order valence-electron chi connectivity index (χ4n) is 4.95. The lowest BCUT2D eigenvalue weighted by atomic mass is 10.0. The number of carbonyl (C=O) groups is 4. The molecule has 1 heterocycles. The second-order valence-corrected chi connectivity index (χ2v) is 10.5. The number of ether oxygens (including phenoxy) is 2. The number of amides is 3. The molecule has 0 saturated carbocycles. The van der Waals surface area contributed by atoms with Gasteiger partial charge in [0.25, 0.3) is 0 Å². The molecule has 1 aliphatic heterocycles. The monoisotopic (exact) mass is 599 g/mol. The lowest BCUT2D eigenvalue weighted by molar-refractivity contribution is -0.216. The molecule has 0 aliphatic carbocycles. The minimum atomic E-state index is -0.988. The van der Waals surface area contributed by atoms with Gasteiger partial charge in [0.1, 0.15) is 18.1 Å². The first-order chi connectivity index (χ1) is 20.7. The maximum atomic E-state index is 13.6. The summed E-state index contributed by atoms with van der Waals surface area (Å²) in [6, 6.07) is 10.3. The van der Waals surface area contributed by atoms with Crippen LogP contribution in [0.2, 0.25) is 0 Å². The number of carbonyl (C=O) groups excluding carboxylic acids is 4. The molecular weight excluding hydrogens is 552 g/mol. The number of esters is 1. The molecule has 3 rings (SSSR count). The van der Waals surface area contributed by atoms with Gasteiger partial charge in [0.15, 0.2) is 0 Å². The maximum Gasteiger partial charge on any atom is 0.407 e. The highest BCUT2D eigenvalue weighted by Crippen LogP contribution is 2.21. The topological polar surface area (TPSA) is 178 Å². The van der Waals surface area contributed by atoms with Crippen LogP contribution in [0.1, 0.15) is 57.9 Å². The molecule has 4 atom stereocenters. The smallest absolute Gasteiger partial charge is 0.407 e. The summed E-state index contributed by atoms with van der Waals surface area (Å²) >= 11 is 0. The Balaban J connectivity index is 0.00000206. The number of unbranched alkanes of at least 4 members (excludes halogenated alkanes) is 2. The molecule has 1 fully saturated rings. The minimum absolute atomic E-state index is 0.212. The Morgan fingerprint density at radius 2 is 1.72 bits per heavy atom. The van der Waals surface area contributed by atoms with Crippen LogP contribution in [0.15, 0.2) is 47.6 Å². The van der Waals surface area contributed by atoms with E-state index in [0.717, 1.165) is 35.6 Å². The summed E-state index contributed by atoms with van der Waals surface area (Å²) in [5.74, 6) is -1.52. The first-order valence-corrected chi connectivity index (χ1v) is 14.8. The fourth-order valence-corrected chi connectivity index (χ4v) is 4.95. The highest BCUT2D eigenvalue weighted by molar-refractivity contribution is 5.94. The molecule has 2 aromatic rings. The Morgan fingerprint density at radius 1 is 1.05 bits per heavy atom. The Morgan fingerprint density at radius 3 is 2.37 bits per heavy atom. The molecule has 2 aromatic carbocycles. The second kappa shape index (κ2) is 18.5. The van der Waals surface area contributed by atoms with E-state index in [1.807, 2.05) is 56.3 Å². The number of benzene rings is 2. The van der Waals surface area contributed by atoms with Gasteiger partial charge in [0.05, 0.1) is 20.8 Å². The first-order valence-electron chi connectivity index (χ1n) is 14.8. The van der Waals surface area contributed by atoms with Crippen LogP contribution in [0.5, 0.6) is 0 Å². The van der Waals surface area contributed by atoms with Gasteiger partial charge in [-0.3, -0.25) is 9.59 Å². The van der Waals surface area contributed by atoms with Crippen LogP contribution < -0.4 is 21.9 Å². The van der Waals surface area contributed by atoms with Gasteiger partial charge in [-0.05, 0) is 35.6 Å². The van der Waals surface area contributed by atoms with Crippen LogP contribution in [0, 0.1) is 0 Å². The van der Waals surface area contributed by atoms with Crippen molar-refractivity contribution in [2.75, 3.05) is 27.3 Å².